The molecule has 0 radical (unpaired) electrons. The van der Waals surface area contributed by atoms with E-state index in [0.29, 0.717) is 11.5 Å². The molecule has 6 heteroatoms. The highest BCUT2D eigenvalue weighted by Gasteiger charge is 2.28. The topological polar surface area (TPSA) is 77.7 Å². The molecule has 0 fully saturated rings. The van der Waals surface area contributed by atoms with E-state index in [2.05, 4.69) is 30.0 Å². The van der Waals surface area contributed by atoms with Crippen LogP contribution in [0.25, 0.3) is 10.9 Å². The molecule has 3 rings (SSSR count). The fourth-order valence-corrected chi connectivity index (χ4v) is 3.41. The van der Waals surface area contributed by atoms with E-state index in [1.54, 1.807) is 11.9 Å². The maximum Gasteiger partial charge on any atom is 0.263 e. The Morgan fingerprint density at radius 2 is 2.12 bits per heavy atom. The van der Waals surface area contributed by atoms with Crippen molar-refractivity contribution in [3.05, 3.63) is 47.9 Å². The number of carbonyl (C=O) groups excluding carboxylic acids is 1. The molecule has 0 saturated carbocycles. The zero-order chi connectivity index (χ0) is 18.8. The Hall–Kier alpha value is -3.07. The Labute approximate surface area is 153 Å². The number of nitrogens with one attached hydrogen (secondary N) is 1. The van der Waals surface area contributed by atoms with Gasteiger partial charge in [-0.1, -0.05) is 13.8 Å². The van der Waals surface area contributed by atoms with Gasteiger partial charge in [0.1, 0.15) is 6.07 Å². The molecule has 1 atom stereocenters. The van der Waals surface area contributed by atoms with Crippen molar-refractivity contribution in [1.29, 1.82) is 5.26 Å². The highest BCUT2D eigenvalue weighted by Crippen LogP contribution is 2.27. The number of nitrogens with zero attached hydrogens (tertiary/aromatic N) is 4. The van der Waals surface area contributed by atoms with Crippen LogP contribution in [0.4, 0.5) is 5.69 Å². The van der Waals surface area contributed by atoms with Gasteiger partial charge < -0.3 is 9.88 Å². The fourth-order valence-electron chi connectivity index (χ4n) is 3.41. The Morgan fingerprint density at radius 1 is 1.35 bits per heavy atom. The molecule has 0 unspecified atom stereocenters. The predicted molar refractivity (Wildman–Crippen MR) is 102 cm³/mol. The Balaban J connectivity index is 2.08. The lowest BCUT2D eigenvalue weighted by atomic mass is 10.0. The molecule has 0 bridgehead atoms. The lowest BCUT2D eigenvalue weighted by Gasteiger charge is -2.30. The van der Waals surface area contributed by atoms with Gasteiger partial charge in [0, 0.05) is 35.9 Å². The van der Waals surface area contributed by atoms with Crippen LogP contribution in [0.5, 0.6) is 0 Å². The van der Waals surface area contributed by atoms with Crippen molar-refractivity contribution >= 4 is 22.5 Å². The number of hydrogen-bond acceptors (Lipinski definition) is 3. The summed E-state index contributed by atoms with van der Waals surface area (Å²) in [6.07, 6.45) is 4.22. The summed E-state index contributed by atoms with van der Waals surface area (Å²) in [5, 5.41) is 14.5. The van der Waals surface area contributed by atoms with Gasteiger partial charge in [-0.25, -0.2) is 0 Å². The number of aryl methyl sites for hydroxylation is 1. The molecule has 0 saturated heterocycles. The van der Waals surface area contributed by atoms with Gasteiger partial charge in [-0.3, -0.25) is 9.48 Å². The van der Waals surface area contributed by atoms with Crippen LogP contribution < -0.4 is 4.90 Å². The first kappa shape index (κ1) is 17.7. The van der Waals surface area contributed by atoms with Crippen molar-refractivity contribution in [3.8, 4) is 6.07 Å². The maximum atomic E-state index is 13.3. The molecular formula is C20H23N5O. The number of aromatic nitrogens is 3. The number of H-pyrrole nitrogens is 1. The summed E-state index contributed by atoms with van der Waals surface area (Å²) in [6.45, 7) is 6.32. The van der Waals surface area contributed by atoms with Crippen LogP contribution in [0.2, 0.25) is 0 Å². The van der Waals surface area contributed by atoms with Gasteiger partial charge in [0.05, 0.1) is 11.8 Å². The van der Waals surface area contributed by atoms with Crippen LogP contribution in [0, 0.1) is 17.2 Å². The fraction of sp³-hybridized carbons (Fsp3) is 0.350. The number of hydrogen-bond donors (Lipinski definition) is 1. The first-order valence-corrected chi connectivity index (χ1v) is 8.75. The van der Waals surface area contributed by atoms with Gasteiger partial charge >= 0.3 is 0 Å². The first-order valence-electron chi connectivity index (χ1n) is 8.75. The normalized spacial score (nSPS) is 12.3. The molecule has 0 spiro atoms. The molecule has 0 aliphatic carbocycles. The summed E-state index contributed by atoms with van der Waals surface area (Å²) in [7, 11) is 1.67. The Bertz CT molecular complexity index is 976. The maximum absolute atomic E-state index is 13.3. The van der Waals surface area contributed by atoms with E-state index in [0.717, 1.165) is 23.0 Å². The van der Waals surface area contributed by atoms with Crippen LogP contribution in [0.1, 0.15) is 43.2 Å². The average molecular weight is 349 g/mol. The molecule has 3 aromatic rings. The molecule has 1 amide bonds. The van der Waals surface area contributed by atoms with E-state index in [9.17, 15) is 10.1 Å². The molecule has 6 nitrogen and oxygen atoms in total. The molecule has 26 heavy (non-hydrogen) atoms. The van der Waals surface area contributed by atoms with Gasteiger partial charge in [0.25, 0.3) is 5.91 Å². The summed E-state index contributed by atoms with van der Waals surface area (Å²) in [5.74, 6) is 0.248. The van der Waals surface area contributed by atoms with Crippen molar-refractivity contribution in [2.45, 2.75) is 33.2 Å². The third-order valence-electron chi connectivity index (χ3n) is 4.56. The highest BCUT2D eigenvalue weighted by atomic mass is 16.2. The Kier molecular flexibility index (Phi) is 4.81. The number of amides is 1. The molecular weight excluding hydrogens is 326 g/mol. The molecule has 1 aromatic carbocycles. The van der Waals surface area contributed by atoms with E-state index in [4.69, 9.17) is 0 Å². The average Bonchev–Trinajstić information content (AvgIpc) is 3.19. The number of rotatable bonds is 5. The molecule has 1 N–H and O–H groups in total. The molecule has 0 aliphatic heterocycles. The minimum absolute atomic E-state index is 0.00867. The van der Waals surface area contributed by atoms with E-state index in [1.165, 1.54) is 10.9 Å². The zero-order valence-corrected chi connectivity index (χ0v) is 15.5. The van der Waals surface area contributed by atoms with E-state index < -0.39 is 0 Å². The molecule has 134 valence electrons. The summed E-state index contributed by atoms with van der Waals surface area (Å²) in [6, 6.07) is 9.98. The lowest BCUT2D eigenvalue weighted by molar-refractivity contribution is 0.0975. The van der Waals surface area contributed by atoms with Crippen molar-refractivity contribution < 1.29 is 4.79 Å². The Morgan fingerprint density at radius 3 is 2.81 bits per heavy atom. The van der Waals surface area contributed by atoms with Crippen molar-refractivity contribution in [2.24, 2.45) is 13.0 Å². The summed E-state index contributed by atoms with van der Waals surface area (Å²) in [4.78, 5) is 18.3. The van der Waals surface area contributed by atoms with Crippen molar-refractivity contribution in [2.75, 3.05) is 4.90 Å². The van der Waals surface area contributed by atoms with Gasteiger partial charge in [0.15, 0.2) is 5.69 Å². The number of nitriles is 1. The van der Waals surface area contributed by atoms with Crippen LogP contribution in [0.15, 0.2) is 36.7 Å². The second-order valence-electron chi connectivity index (χ2n) is 7.05. The van der Waals surface area contributed by atoms with E-state index in [-0.39, 0.29) is 17.6 Å². The van der Waals surface area contributed by atoms with E-state index in [1.807, 2.05) is 37.4 Å². The van der Waals surface area contributed by atoms with Crippen LogP contribution in [-0.4, -0.2) is 26.7 Å². The summed E-state index contributed by atoms with van der Waals surface area (Å²) < 4.78 is 1.44. The predicted octanol–water partition coefficient (Wildman–Crippen LogP) is 3.85. The number of fused-ring (bicyclic) bond motifs is 1. The van der Waals surface area contributed by atoms with Crippen LogP contribution >= 0.6 is 0 Å². The smallest absolute Gasteiger partial charge is 0.263 e. The van der Waals surface area contributed by atoms with Crippen molar-refractivity contribution in [3.63, 3.8) is 0 Å². The SMILES string of the molecule is CC(C)C[C@@H](C)N(C(=O)c1cnn(C)c1C#N)c1ccc2[nH]ccc2c1. The number of carbonyl (C=O) groups is 1. The first-order chi connectivity index (χ1) is 12.4. The standard InChI is InChI=1S/C20H23N5O/c1-13(2)9-14(3)25(16-5-6-18-15(10-16)7-8-22-18)20(26)17-12-23-24(4)19(17)11-21/h5-8,10,12-14,22H,9H2,1-4H3/t14-/m1/s1. The number of anilines is 1. The van der Waals surface area contributed by atoms with Crippen molar-refractivity contribution in [1.82, 2.24) is 14.8 Å². The third-order valence-corrected chi connectivity index (χ3v) is 4.56. The summed E-state index contributed by atoms with van der Waals surface area (Å²) in [5.41, 5.74) is 2.46. The molecule has 2 heterocycles. The highest BCUT2D eigenvalue weighted by molar-refractivity contribution is 6.08. The largest absolute Gasteiger partial charge is 0.361 e. The van der Waals surface area contributed by atoms with Crippen LogP contribution in [-0.2, 0) is 7.05 Å². The lowest BCUT2D eigenvalue weighted by Crippen LogP contribution is -2.39. The van der Waals surface area contributed by atoms with Gasteiger partial charge in [-0.05, 0) is 43.5 Å². The second kappa shape index (κ2) is 7.04. The number of benzene rings is 1. The number of aromatic amines is 1. The third kappa shape index (κ3) is 3.21. The van der Waals surface area contributed by atoms with Gasteiger partial charge in [-0.2, -0.15) is 10.4 Å². The molecule has 2 aromatic heterocycles. The summed E-state index contributed by atoms with van der Waals surface area (Å²) >= 11 is 0. The van der Waals surface area contributed by atoms with Gasteiger partial charge in [-0.15, -0.1) is 0 Å². The quantitative estimate of drug-likeness (QED) is 0.760. The zero-order valence-electron chi connectivity index (χ0n) is 15.5. The van der Waals surface area contributed by atoms with Gasteiger partial charge in [0.2, 0.25) is 0 Å². The monoisotopic (exact) mass is 349 g/mol. The minimum atomic E-state index is -0.197. The minimum Gasteiger partial charge on any atom is -0.361 e. The molecule has 0 aliphatic rings. The second-order valence-corrected chi connectivity index (χ2v) is 7.05. The van der Waals surface area contributed by atoms with E-state index >= 15 is 0 Å². The van der Waals surface area contributed by atoms with Crippen LogP contribution in [0.3, 0.4) is 0 Å².